The highest BCUT2D eigenvalue weighted by molar-refractivity contribution is 6.31. The summed E-state index contributed by atoms with van der Waals surface area (Å²) in [7, 11) is 0. The molecule has 0 unspecified atom stereocenters. The molecule has 0 radical (unpaired) electrons. The first kappa shape index (κ1) is 8.05. The molecule has 0 amide bonds. The number of rotatable bonds is 1. The van der Waals surface area contributed by atoms with Gasteiger partial charge in [0, 0.05) is 6.20 Å². The highest BCUT2D eigenvalue weighted by Crippen LogP contribution is 2.43. The van der Waals surface area contributed by atoms with Gasteiger partial charge < -0.3 is 0 Å². The fraction of sp³-hybridized carbons (Fsp3) is 0.333. The van der Waals surface area contributed by atoms with Crippen LogP contribution in [0.4, 0.5) is 0 Å². The summed E-state index contributed by atoms with van der Waals surface area (Å²) >= 11 is 6.07. The summed E-state index contributed by atoms with van der Waals surface area (Å²) in [5.74, 6) is 0.569. The Bertz CT molecular complexity index is 553. The molecule has 2 heterocycles. The fourth-order valence-electron chi connectivity index (χ4n) is 1.65. The van der Waals surface area contributed by atoms with E-state index in [9.17, 15) is 4.79 Å². The lowest BCUT2D eigenvalue weighted by atomic mass is 10.2. The first-order chi connectivity index (χ1) is 6.75. The summed E-state index contributed by atoms with van der Waals surface area (Å²) < 4.78 is 1.42. The van der Waals surface area contributed by atoms with Crippen LogP contribution < -0.4 is 5.69 Å². The largest absolute Gasteiger partial charge is 0.347 e. The van der Waals surface area contributed by atoms with Crippen LogP contribution in [-0.4, -0.2) is 14.6 Å². The Morgan fingerprint density at radius 1 is 1.57 bits per heavy atom. The van der Waals surface area contributed by atoms with E-state index in [0.717, 1.165) is 5.56 Å². The summed E-state index contributed by atoms with van der Waals surface area (Å²) in [6, 6.07) is 1.89. The topological polar surface area (TPSA) is 50.2 Å². The summed E-state index contributed by atoms with van der Waals surface area (Å²) in [4.78, 5) is 11.2. The van der Waals surface area contributed by atoms with Crippen molar-refractivity contribution in [3.05, 3.63) is 33.3 Å². The monoisotopic (exact) mass is 209 g/mol. The molecule has 5 heteroatoms. The van der Waals surface area contributed by atoms with E-state index in [1.54, 1.807) is 6.20 Å². The smallest absolute Gasteiger partial charge is 0.249 e. The highest BCUT2D eigenvalue weighted by Gasteiger charge is 2.26. The number of pyridine rings is 1. The maximum Gasteiger partial charge on any atom is 0.347 e. The van der Waals surface area contributed by atoms with E-state index in [2.05, 4.69) is 10.2 Å². The maximum atomic E-state index is 11.2. The molecular weight excluding hydrogens is 202 g/mol. The number of H-pyrrole nitrogens is 1. The molecule has 0 spiro atoms. The molecule has 1 aliphatic carbocycles. The minimum atomic E-state index is -0.246. The van der Waals surface area contributed by atoms with Gasteiger partial charge in [0.25, 0.3) is 0 Å². The number of hydrogen-bond acceptors (Lipinski definition) is 2. The Morgan fingerprint density at radius 2 is 2.36 bits per heavy atom. The van der Waals surface area contributed by atoms with Gasteiger partial charge in [-0.3, -0.25) is 0 Å². The van der Waals surface area contributed by atoms with Gasteiger partial charge in [-0.2, -0.15) is 5.10 Å². The number of nitrogens with zero attached hydrogens (tertiary/aromatic N) is 2. The molecule has 0 aliphatic heterocycles. The van der Waals surface area contributed by atoms with E-state index in [0.29, 0.717) is 16.6 Å². The minimum Gasteiger partial charge on any atom is -0.249 e. The Morgan fingerprint density at radius 3 is 3.07 bits per heavy atom. The molecule has 1 fully saturated rings. The number of aromatic nitrogens is 3. The van der Waals surface area contributed by atoms with E-state index in [-0.39, 0.29) is 5.69 Å². The van der Waals surface area contributed by atoms with Gasteiger partial charge in [-0.15, -0.1) is 0 Å². The molecule has 4 nitrogen and oxygen atoms in total. The van der Waals surface area contributed by atoms with E-state index in [4.69, 9.17) is 11.6 Å². The van der Waals surface area contributed by atoms with E-state index in [1.807, 2.05) is 6.07 Å². The number of fused-ring (bicyclic) bond motifs is 1. The second-order valence-corrected chi connectivity index (χ2v) is 4.02. The number of halogens is 1. The molecule has 0 bridgehead atoms. The molecule has 72 valence electrons. The van der Waals surface area contributed by atoms with Crippen molar-refractivity contribution in [2.24, 2.45) is 0 Å². The van der Waals surface area contributed by atoms with Crippen molar-refractivity contribution in [3.63, 3.8) is 0 Å². The van der Waals surface area contributed by atoms with Gasteiger partial charge in [0.15, 0.2) is 5.65 Å². The number of hydrogen-bond donors (Lipinski definition) is 1. The van der Waals surface area contributed by atoms with Crippen molar-refractivity contribution in [3.8, 4) is 0 Å². The van der Waals surface area contributed by atoms with Crippen molar-refractivity contribution in [2.45, 2.75) is 18.8 Å². The molecule has 2 aromatic rings. The number of nitrogens with one attached hydrogen (secondary N) is 1. The Balaban J connectivity index is 2.33. The molecule has 14 heavy (non-hydrogen) atoms. The standard InChI is InChI=1S/C9H8ClN3O/c10-7-4-13-8(11-12-9(13)14)3-6(7)5-1-2-5/h3-5H,1-2H2,(H,12,14). The second-order valence-electron chi connectivity index (χ2n) is 3.61. The summed E-state index contributed by atoms with van der Waals surface area (Å²) in [6.45, 7) is 0. The zero-order chi connectivity index (χ0) is 9.71. The maximum absolute atomic E-state index is 11.2. The summed E-state index contributed by atoms with van der Waals surface area (Å²) in [5, 5.41) is 6.94. The quantitative estimate of drug-likeness (QED) is 0.775. The van der Waals surface area contributed by atoms with Gasteiger partial charge in [-0.25, -0.2) is 14.3 Å². The molecule has 2 aromatic heterocycles. The van der Waals surface area contributed by atoms with E-state index < -0.39 is 0 Å². The Kier molecular flexibility index (Phi) is 1.50. The normalized spacial score (nSPS) is 16.4. The van der Waals surface area contributed by atoms with Crippen LogP contribution in [0.1, 0.15) is 24.3 Å². The fourth-order valence-corrected chi connectivity index (χ4v) is 1.95. The van der Waals surface area contributed by atoms with Gasteiger partial charge in [0.2, 0.25) is 0 Å². The third-order valence-corrected chi connectivity index (χ3v) is 2.87. The SMILES string of the molecule is O=c1[nH]nc2cc(C3CC3)c(Cl)cn12. The van der Waals surface area contributed by atoms with Gasteiger partial charge in [-0.05, 0) is 30.4 Å². The van der Waals surface area contributed by atoms with Crippen LogP contribution in [0.15, 0.2) is 17.1 Å². The lowest BCUT2D eigenvalue weighted by Gasteiger charge is -2.01. The van der Waals surface area contributed by atoms with Crippen molar-refractivity contribution in [1.29, 1.82) is 0 Å². The lowest BCUT2D eigenvalue weighted by Crippen LogP contribution is -2.08. The van der Waals surface area contributed by atoms with E-state index >= 15 is 0 Å². The molecule has 0 aromatic carbocycles. The third-order valence-electron chi connectivity index (χ3n) is 2.55. The van der Waals surface area contributed by atoms with Crippen LogP contribution >= 0.6 is 11.6 Å². The first-order valence-electron chi connectivity index (χ1n) is 4.52. The second kappa shape index (κ2) is 2.60. The average Bonchev–Trinajstić information content (AvgIpc) is 2.94. The van der Waals surface area contributed by atoms with Crippen LogP contribution in [0.25, 0.3) is 5.65 Å². The average molecular weight is 210 g/mol. The molecule has 0 saturated heterocycles. The zero-order valence-corrected chi connectivity index (χ0v) is 8.08. The zero-order valence-electron chi connectivity index (χ0n) is 7.33. The molecule has 1 saturated carbocycles. The predicted octanol–water partition coefficient (Wildman–Crippen LogP) is 1.55. The van der Waals surface area contributed by atoms with Crippen LogP contribution in [0.5, 0.6) is 0 Å². The molecule has 1 aliphatic rings. The van der Waals surface area contributed by atoms with Gasteiger partial charge >= 0.3 is 5.69 Å². The van der Waals surface area contributed by atoms with Crippen molar-refractivity contribution in [1.82, 2.24) is 14.6 Å². The molecule has 0 atom stereocenters. The predicted molar refractivity (Wildman–Crippen MR) is 52.8 cm³/mol. The Labute approximate surface area is 84.5 Å². The molecule has 3 rings (SSSR count). The first-order valence-corrected chi connectivity index (χ1v) is 4.89. The summed E-state index contributed by atoms with van der Waals surface area (Å²) in [5.41, 5.74) is 1.50. The third kappa shape index (κ3) is 1.07. The highest BCUT2D eigenvalue weighted by atomic mass is 35.5. The Hall–Kier alpha value is -1.29. The van der Waals surface area contributed by atoms with Crippen LogP contribution in [0.3, 0.4) is 0 Å². The minimum absolute atomic E-state index is 0.246. The van der Waals surface area contributed by atoms with Crippen molar-refractivity contribution < 1.29 is 0 Å². The van der Waals surface area contributed by atoms with E-state index in [1.165, 1.54) is 17.2 Å². The van der Waals surface area contributed by atoms with Gasteiger partial charge in [0.1, 0.15) is 0 Å². The van der Waals surface area contributed by atoms with Gasteiger partial charge in [0.05, 0.1) is 5.02 Å². The molecular formula is C9H8ClN3O. The van der Waals surface area contributed by atoms with Gasteiger partial charge in [-0.1, -0.05) is 11.6 Å². The molecule has 1 N–H and O–H groups in total. The van der Waals surface area contributed by atoms with Crippen LogP contribution in [-0.2, 0) is 0 Å². The van der Waals surface area contributed by atoms with Crippen LogP contribution in [0.2, 0.25) is 5.02 Å². The number of aromatic amines is 1. The van der Waals surface area contributed by atoms with Crippen molar-refractivity contribution in [2.75, 3.05) is 0 Å². The van der Waals surface area contributed by atoms with Crippen LogP contribution in [0, 0.1) is 0 Å². The van der Waals surface area contributed by atoms with Crippen molar-refractivity contribution >= 4 is 17.2 Å². The summed E-state index contributed by atoms with van der Waals surface area (Å²) in [6.07, 6.45) is 4.01. The lowest BCUT2D eigenvalue weighted by molar-refractivity contribution is 1.02.